The van der Waals surface area contributed by atoms with E-state index >= 15 is 0 Å². The molecule has 2 aromatic rings. The SMILES string of the molecule is Cc1ccc(O[C@@H]2CCN(C(=O)Cc3cccc(C(F)(F)F)c3)C2)nc1. The highest BCUT2D eigenvalue weighted by molar-refractivity contribution is 5.79. The normalized spacial score (nSPS) is 17.4. The molecule has 7 heteroatoms. The Labute approximate surface area is 149 Å². The first-order valence-electron chi connectivity index (χ1n) is 8.34. The van der Waals surface area contributed by atoms with E-state index in [1.54, 1.807) is 17.2 Å². The smallest absolute Gasteiger partial charge is 0.416 e. The van der Waals surface area contributed by atoms with Crippen LogP contribution in [0.25, 0.3) is 0 Å². The lowest BCUT2D eigenvalue weighted by Crippen LogP contribution is -2.32. The minimum atomic E-state index is -4.41. The van der Waals surface area contributed by atoms with Crippen molar-refractivity contribution in [1.29, 1.82) is 0 Å². The average Bonchev–Trinajstić information content (AvgIpc) is 3.05. The third-order valence-corrected chi connectivity index (χ3v) is 4.28. The lowest BCUT2D eigenvalue weighted by atomic mass is 10.1. The summed E-state index contributed by atoms with van der Waals surface area (Å²) in [5, 5.41) is 0. The number of likely N-dealkylation sites (tertiary alicyclic amines) is 1. The number of ether oxygens (including phenoxy) is 1. The molecule has 0 unspecified atom stereocenters. The maximum atomic E-state index is 12.8. The van der Waals surface area contributed by atoms with Crippen molar-refractivity contribution in [2.45, 2.75) is 32.0 Å². The molecule has 1 fully saturated rings. The van der Waals surface area contributed by atoms with Gasteiger partial charge >= 0.3 is 6.18 Å². The number of carbonyl (C=O) groups is 1. The summed E-state index contributed by atoms with van der Waals surface area (Å²) in [6.07, 6.45) is -2.24. The van der Waals surface area contributed by atoms with Crippen LogP contribution in [0.5, 0.6) is 5.88 Å². The van der Waals surface area contributed by atoms with E-state index in [1.807, 2.05) is 13.0 Å². The molecular weight excluding hydrogens is 345 g/mol. The Morgan fingerprint density at radius 3 is 2.81 bits per heavy atom. The molecule has 1 saturated heterocycles. The van der Waals surface area contributed by atoms with Gasteiger partial charge in [0.15, 0.2) is 0 Å². The number of nitrogens with zero attached hydrogens (tertiary/aromatic N) is 2. The van der Waals surface area contributed by atoms with Crippen molar-refractivity contribution in [3.8, 4) is 5.88 Å². The topological polar surface area (TPSA) is 42.4 Å². The number of halogens is 3. The molecule has 3 rings (SSSR count). The summed E-state index contributed by atoms with van der Waals surface area (Å²) in [5.41, 5.74) is 0.645. The molecule has 1 aromatic carbocycles. The summed E-state index contributed by atoms with van der Waals surface area (Å²) >= 11 is 0. The molecular formula is C19H19F3N2O2. The Hall–Kier alpha value is -2.57. The third kappa shape index (κ3) is 4.53. The average molecular weight is 364 g/mol. The van der Waals surface area contributed by atoms with Crippen molar-refractivity contribution in [1.82, 2.24) is 9.88 Å². The number of rotatable bonds is 4. The molecule has 0 spiro atoms. The van der Waals surface area contributed by atoms with Crippen LogP contribution in [0.2, 0.25) is 0 Å². The minimum absolute atomic E-state index is 0.0561. The molecule has 1 atom stereocenters. The Bertz CT molecular complexity index is 775. The Morgan fingerprint density at radius 1 is 1.31 bits per heavy atom. The first-order valence-corrected chi connectivity index (χ1v) is 8.34. The quantitative estimate of drug-likeness (QED) is 0.832. The van der Waals surface area contributed by atoms with E-state index in [0.717, 1.165) is 17.7 Å². The first-order chi connectivity index (χ1) is 12.3. The molecule has 0 N–H and O–H groups in total. The highest BCUT2D eigenvalue weighted by Crippen LogP contribution is 2.29. The Balaban J connectivity index is 1.57. The van der Waals surface area contributed by atoms with Crippen LogP contribution in [-0.2, 0) is 17.4 Å². The van der Waals surface area contributed by atoms with Gasteiger partial charge in [-0.15, -0.1) is 0 Å². The van der Waals surface area contributed by atoms with Gasteiger partial charge in [0.1, 0.15) is 6.10 Å². The summed E-state index contributed by atoms with van der Waals surface area (Å²) < 4.78 is 44.1. The van der Waals surface area contributed by atoms with Gasteiger partial charge in [-0.3, -0.25) is 4.79 Å². The number of benzene rings is 1. The Kier molecular flexibility index (Phi) is 5.15. The number of alkyl halides is 3. The molecule has 0 aliphatic carbocycles. The van der Waals surface area contributed by atoms with Crippen molar-refractivity contribution in [3.05, 3.63) is 59.3 Å². The lowest BCUT2D eigenvalue weighted by Gasteiger charge is -2.17. The van der Waals surface area contributed by atoms with Gasteiger partial charge < -0.3 is 9.64 Å². The molecule has 0 radical (unpaired) electrons. The molecule has 1 aliphatic rings. The van der Waals surface area contributed by atoms with Gasteiger partial charge in [-0.1, -0.05) is 24.3 Å². The van der Waals surface area contributed by atoms with Crippen LogP contribution in [-0.4, -0.2) is 35.0 Å². The van der Waals surface area contributed by atoms with Crippen molar-refractivity contribution in [2.24, 2.45) is 0 Å². The Morgan fingerprint density at radius 2 is 2.12 bits per heavy atom. The molecule has 0 saturated carbocycles. The van der Waals surface area contributed by atoms with Crippen LogP contribution >= 0.6 is 0 Å². The number of aromatic nitrogens is 1. The van der Waals surface area contributed by atoms with Crippen LogP contribution in [0.3, 0.4) is 0 Å². The predicted octanol–water partition coefficient (Wildman–Crippen LogP) is 3.63. The van der Waals surface area contributed by atoms with Crippen LogP contribution in [0.15, 0.2) is 42.6 Å². The van der Waals surface area contributed by atoms with E-state index in [4.69, 9.17) is 4.74 Å². The van der Waals surface area contributed by atoms with Gasteiger partial charge in [-0.05, 0) is 24.1 Å². The second kappa shape index (κ2) is 7.35. The predicted molar refractivity (Wildman–Crippen MR) is 89.7 cm³/mol. The molecule has 26 heavy (non-hydrogen) atoms. The monoisotopic (exact) mass is 364 g/mol. The summed E-state index contributed by atoms with van der Waals surface area (Å²) in [7, 11) is 0. The van der Waals surface area contributed by atoms with Crippen molar-refractivity contribution < 1.29 is 22.7 Å². The maximum absolute atomic E-state index is 12.8. The fraction of sp³-hybridized carbons (Fsp3) is 0.368. The molecule has 138 valence electrons. The fourth-order valence-electron chi connectivity index (χ4n) is 2.89. The molecule has 2 heterocycles. The maximum Gasteiger partial charge on any atom is 0.416 e. The second-order valence-corrected chi connectivity index (χ2v) is 6.42. The van der Waals surface area contributed by atoms with Gasteiger partial charge in [0, 0.05) is 25.2 Å². The van der Waals surface area contributed by atoms with Crippen molar-refractivity contribution in [3.63, 3.8) is 0 Å². The van der Waals surface area contributed by atoms with Gasteiger partial charge in [0.2, 0.25) is 11.8 Å². The third-order valence-electron chi connectivity index (χ3n) is 4.28. The van der Waals surface area contributed by atoms with E-state index in [-0.39, 0.29) is 18.4 Å². The van der Waals surface area contributed by atoms with E-state index < -0.39 is 11.7 Å². The second-order valence-electron chi connectivity index (χ2n) is 6.42. The first kappa shape index (κ1) is 18.2. The summed E-state index contributed by atoms with van der Waals surface area (Å²) in [6.45, 7) is 2.86. The van der Waals surface area contributed by atoms with Crippen molar-refractivity contribution in [2.75, 3.05) is 13.1 Å². The lowest BCUT2D eigenvalue weighted by molar-refractivity contribution is -0.138. The zero-order valence-electron chi connectivity index (χ0n) is 14.3. The van der Waals surface area contributed by atoms with E-state index in [1.165, 1.54) is 12.1 Å². The van der Waals surface area contributed by atoms with Crippen LogP contribution in [0.1, 0.15) is 23.1 Å². The number of carbonyl (C=O) groups excluding carboxylic acids is 1. The van der Waals surface area contributed by atoms with E-state index in [0.29, 0.717) is 31.0 Å². The van der Waals surface area contributed by atoms with Crippen molar-refractivity contribution >= 4 is 5.91 Å². The summed E-state index contributed by atoms with van der Waals surface area (Å²) in [5.74, 6) is 0.306. The zero-order chi connectivity index (χ0) is 18.7. The number of amides is 1. The largest absolute Gasteiger partial charge is 0.472 e. The zero-order valence-corrected chi connectivity index (χ0v) is 14.3. The fourth-order valence-corrected chi connectivity index (χ4v) is 2.89. The van der Waals surface area contributed by atoms with E-state index in [9.17, 15) is 18.0 Å². The van der Waals surface area contributed by atoms with Crippen LogP contribution in [0.4, 0.5) is 13.2 Å². The van der Waals surface area contributed by atoms with Gasteiger partial charge in [-0.25, -0.2) is 4.98 Å². The number of hydrogen-bond donors (Lipinski definition) is 0. The van der Waals surface area contributed by atoms with Gasteiger partial charge in [-0.2, -0.15) is 13.2 Å². The number of aryl methyl sites for hydroxylation is 1. The van der Waals surface area contributed by atoms with Gasteiger partial charge in [0.25, 0.3) is 0 Å². The molecule has 0 bridgehead atoms. The highest BCUT2D eigenvalue weighted by atomic mass is 19.4. The summed E-state index contributed by atoms with van der Waals surface area (Å²) in [6, 6.07) is 8.56. The summed E-state index contributed by atoms with van der Waals surface area (Å²) in [4.78, 5) is 18.2. The molecule has 1 amide bonds. The van der Waals surface area contributed by atoms with Gasteiger partial charge in [0.05, 0.1) is 18.5 Å². The van der Waals surface area contributed by atoms with Crippen LogP contribution in [0, 0.1) is 6.92 Å². The highest BCUT2D eigenvalue weighted by Gasteiger charge is 2.31. The minimum Gasteiger partial charge on any atom is -0.472 e. The number of pyridine rings is 1. The van der Waals surface area contributed by atoms with Crippen LogP contribution < -0.4 is 4.74 Å². The molecule has 4 nitrogen and oxygen atoms in total. The number of hydrogen-bond acceptors (Lipinski definition) is 3. The molecule has 1 aromatic heterocycles. The molecule has 1 aliphatic heterocycles. The standard InChI is InChI=1S/C19H19F3N2O2/c1-13-5-6-17(23-11-13)26-16-7-8-24(12-16)18(25)10-14-3-2-4-15(9-14)19(20,21)22/h2-6,9,11,16H,7-8,10,12H2,1H3/t16-/m1/s1. The van der Waals surface area contributed by atoms with E-state index in [2.05, 4.69) is 4.98 Å².